The highest BCUT2D eigenvalue weighted by Gasteiger charge is 2.20. The van der Waals surface area contributed by atoms with Gasteiger partial charge in [-0.15, -0.1) is 0 Å². The number of aromatic hydroxyl groups is 1. The van der Waals surface area contributed by atoms with Crippen molar-refractivity contribution in [1.82, 2.24) is 4.90 Å². The third-order valence-corrected chi connectivity index (χ3v) is 3.10. The SMILES string of the molecule is O=C(CCCO)N1CCc2ccc(O)cc2C1. The van der Waals surface area contributed by atoms with Gasteiger partial charge < -0.3 is 15.1 Å². The van der Waals surface area contributed by atoms with E-state index in [0.717, 1.165) is 18.5 Å². The highest BCUT2D eigenvalue weighted by Crippen LogP contribution is 2.23. The van der Waals surface area contributed by atoms with Crippen molar-refractivity contribution in [2.45, 2.75) is 25.8 Å². The third-order valence-electron chi connectivity index (χ3n) is 3.10. The van der Waals surface area contributed by atoms with Gasteiger partial charge in [0.25, 0.3) is 0 Å². The van der Waals surface area contributed by atoms with Crippen LogP contribution < -0.4 is 0 Å². The number of hydrogen-bond donors (Lipinski definition) is 2. The maximum atomic E-state index is 11.8. The first-order chi connectivity index (χ1) is 8.20. The zero-order valence-electron chi connectivity index (χ0n) is 9.72. The van der Waals surface area contributed by atoms with E-state index in [-0.39, 0.29) is 18.3 Å². The van der Waals surface area contributed by atoms with Crippen LogP contribution in [0.3, 0.4) is 0 Å². The Labute approximate surface area is 100 Å². The molecule has 0 bridgehead atoms. The number of rotatable bonds is 3. The van der Waals surface area contributed by atoms with Gasteiger partial charge >= 0.3 is 0 Å². The van der Waals surface area contributed by atoms with Crippen molar-refractivity contribution in [3.63, 3.8) is 0 Å². The van der Waals surface area contributed by atoms with Crippen molar-refractivity contribution in [3.05, 3.63) is 29.3 Å². The van der Waals surface area contributed by atoms with Crippen LogP contribution in [-0.4, -0.2) is 34.2 Å². The molecule has 0 aromatic heterocycles. The number of amides is 1. The summed E-state index contributed by atoms with van der Waals surface area (Å²) in [6.07, 6.45) is 1.74. The highest BCUT2D eigenvalue weighted by atomic mass is 16.3. The lowest BCUT2D eigenvalue weighted by molar-refractivity contribution is -0.132. The van der Waals surface area contributed by atoms with E-state index in [0.29, 0.717) is 19.4 Å². The summed E-state index contributed by atoms with van der Waals surface area (Å²) in [6.45, 7) is 1.34. The summed E-state index contributed by atoms with van der Waals surface area (Å²) in [7, 11) is 0. The first-order valence-corrected chi connectivity index (χ1v) is 5.90. The van der Waals surface area contributed by atoms with Gasteiger partial charge in [0, 0.05) is 26.1 Å². The van der Waals surface area contributed by atoms with E-state index in [1.165, 1.54) is 5.56 Å². The summed E-state index contributed by atoms with van der Waals surface area (Å²) in [5, 5.41) is 18.1. The molecule has 0 unspecified atom stereocenters. The Kier molecular flexibility index (Phi) is 3.64. The molecule has 1 aliphatic heterocycles. The van der Waals surface area contributed by atoms with Crippen LogP contribution >= 0.6 is 0 Å². The minimum absolute atomic E-state index is 0.0525. The molecule has 1 heterocycles. The van der Waals surface area contributed by atoms with Crippen molar-refractivity contribution in [2.75, 3.05) is 13.2 Å². The largest absolute Gasteiger partial charge is 0.508 e. The minimum Gasteiger partial charge on any atom is -0.508 e. The van der Waals surface area contributed by atoms with Crippen molar-refractivity contribution in [3.8, 4) is 5.75 Å². The number of carbonyl (C=O) groups excluding carboxylic acids is 1. The molecule has 0 spiro atoms. The van der Waals surface area contributed by atoms with E-state index < -0.39 is 0 Å². The van der Waals surface area contributed by atoms with E-state index in [1.807, 2.05) is 6.07 Å². The number of phenolic OH excluding ortho intramolecular Hbond substituents is 1. The molecule has 4 nitrogen and oxygen atoms in total. The van der Waals surface area contributed by atoms with E-state index >= 15 is 0 Å². The second-order valence-corrected chi connectivity index (χ2v) is 4.35. The lowest BCUT2D eigenvalue weighted by atomic mass is 9.99. The van der Waals surface area contributed by atoms with Gasteiger partial charge in [-0.2, -0.15) is 0 Å². The Morgan fingerprint density at radius 1 is 1.35 bits per heavy atom. The summed E-state index contributed by atoms with van der Waals surface area (Å²) in [4.78, 5) is 13.6. The summed E-state index contributed by atoms with van der Waals surface area (Å²) < 4.78 is 0. The van der Waals surface area contributed by atoms with Gasteiger partial charge in [0.2, 0.25) is 5.91 Å². The summed E-state index contributed by atoms with van der Waals surface area (Å²) in [5.74, 6) is 0.321. The first-order valence-electron chi connectivity index (χ1n) is 5.90. The van der Waals surface area contributed by atoms with E-state index in [9.17, 15) is 9.90 Å². The number of hydrogen-bond acceptors (Lipinski definition) is 3. The van der Waals surface area contributed by atoms with Gasteiger partial charge in [-0.3, -0.25) is 4.79 Å². The minimum atomic E-state index is 0.0525. The normalized spacial score (nSPS) is 14.5. The molecule has 0 atom stereocenters. The van der Waals surface area contributed by atoms with E-state index in [4.69, 9.17) is 5.11 Å². The Morgan fingerprint density at radius 2 is 2.18 bits per heavy atom. The van der Waals surface area contributed by atoms with Gasteiger partial charge in [-0.05, 0) is 36.1 Å². The van der Waals surface area contributed by atoms with E-state index in [1.54, 1.807) is 17.0 Å². The van der Waals surface area contributed by atoms with Gasteiger partial charge in [-0.1, -0.05) is 6.07 Å². The molecule has 0 radical (unpaired) electrons. The molecule has 1 aromatic carbocycles. The monoisotopic (exact) mass is 235 g/mol. The van der Waals surface area contributed by atoms with Gasteiger partial charge in [0.05, 0.1) is 0 Å². The first kappa shape index (κ1) is 11.9. The number of benzene rings is 1. The fourth-order valence-electron chi connectivity index (χ4n) is 2.14. The van der Waals surface area contributed by atoms with Crippen LogP contribution in [-0.2, 0) is 17.8 Å². The molecule has 92 valence electrons. The van der Waals surface area contributed by atoms with Crippen molar-refractivity contribution >= 4 is 5.91 Å². The van der Waals surface area contributed by atoms with Crippen molar-refractivity contribution in [2.24, 2.45) is 0 Å². The van der Waals surface area contributed by atoms with Crippen LogP contribution in [0.4, 0.5) is 0 Å². The number of aliphatic hydroxyl groups is 1. The predicted octanol–water partition coefficient (Wildman–Crippen LogP) is 1.05. The fourth-order valence-corrected chi connectivity index (χ4v) is 2.14. The maximum absolute atomic E-state index is 11.8. The average molecular weight is 235 g/mol. The molecule has 1 amide bonds. The molecule has 0 fully saturated rings. The maximum Gasteiger partial charge on any atom is 0.222 e. The zero-order chi connectivity index (χ0) is 12.3. The standard InChI is InChI=1S/C13H17NO3/c15-7-1-2-13(17)14-6-5-10-3-4-12(16)8-11(10)9-14/h3-4,8,15-16H,1-2,5-7,9H2. The Bertz CT molecular complexity index is 417. The van der Waals surface area contributed by atoms with Crippen LogP contribution in [0.15, 0.2) is 18.2 Å². The third kappa shape index (κ3) is 2.77. The fraction of sp³-hybridized carbons (Fsp3) is 0.462. The predicted molar refractivity (Wildman–Crippen MR) is 63.5 cm³/mol. The molecule has 2 N–H and O–H groups in total. The number of phenols is 1. The number of carbonyl (C=O) groups is 1. The van der Waals surface area contributed by atoms with Crippen molar-refractivity contribution < 1.29 is 15.0 Å². The second kappa shape index (κ2) is 5.19. The van der Waals surface area contributed by atoms with Crippen LogP contribution in [0.25, 0.3) is 0 Å². The molecular formula is C13H17NO3. The van der Waals surface area contributed by atoms with E-state index in [2.05, 4.69) is 0 Å². The smallest absolute Gasteiger partial charge is 0.222 e. The zero-order valence-corrected chi connectivity index (χ0v) is 9.72. The summed E-state index contributed by atoms with van der Waals surface area (Å²) in [6, 6.07) is 5.32. The molecule has 0 saturated heterocycles. The Balaban J connectivity index is 2.04. The van der Waals surface area contributed by atoms with Gasteiger partial charge in [-0.25, -0.2) is 0 Å². The molecule has 0 aliphatic carbocycles. The number of nitrogens with zero attached hydrogens (tertiary/aromatic N) is 1. The molecule has 0 saturated carbocycles. The van der Waals surface area contributed by atoms with Crippen molar-refractivity contribution in [1.29, 1.82) is 0 Å². The van der Waals surface area contributed by atoms with Crippen LogP contribution in [0, 0.1) is 0 Å². The quantitative estimate of drug-likeness (QED) is 0.823. The van der Waals surface area contributed by atoms with Gasteiger partial charge in [0.15, 0.2) is 0 Å². The topological polar surface area (TPSA) is 60.8 Å². The number of aliphatic hydroxyl groups excluding tert-OH is 1. The van der Waals surface area contributed by atoms with Gasteiger partial charge in [0.1, 0.15) is 5.75 Å². The Hall–Kier alpha value is -1.55. The lowest BCUT2D eigenvalue weighted by Crippen LogP contribution is -2.35. The summed E-state index contributed by atoms with van der Waals surface area (Å²) >= 11 is 0. The molecule has 4 heteroatoms. The lowest BCUT2D eigenvalue weighted by Gasteiger charge is -2.29. The molecule has 1 aliphatic rings. The van der Waals surface area contributed by atoms with Crippen LogP contribution in [0.5, 0.6) is 5.75 Å². The molecule has 1 aromatic rings. The number of fused-ring (bicyclic) bond motifs is 1. The Morgan fingerprint density at radius 3 is 2.94 bits per heavy atom. The van der Waals surface area contributed by atoms with Crippen LogP contribution in [0.1, 0.15) is 24.0 Å². The molecule has 17 heavy (non-hydrogen) atoms. The summed E-state index contributed by atoms with van der Waals surface area (Å²) in [5.41, 5.74) is 2.22. The molecule has 2 rings (SSSR count). The van der Waals surface area contributed by atoms with Crippen LogP contribution in [0.2, 0.25) is 0 Å². The molecular weight excluding hydrogens is 218 g/mol. The average Bonchev–Trinajstić information content (AvgIpc) is 2.35. The highest BCUT2D eigenvalue weighted by molar-refractivity contribution is 5.76. The second-order valence-electron chi connectivity index (χ2n) is 4.35.